The second-order valence-corrected chi connectivity index (χ2v) is 6.11. The molecule has 0 unspecified atom stereocenters. The van der Waals surface area contributed by atoms with Crippen LogP contribution in [0.2, 0.25) is 0 Å². The molecule has 2 heterocycles. The highest BCUT2D eigenvalue weighted by Crippen LogP contribution is 2.30. The van der Waals surface area contributed by atoms with Gasteiger partial charge in [-0.25, -0.2) is 0 Å². The van der Waals surface area contributed by atoms with Crippen LogP contribution in [0.4, 0.5) is 5.69 Å². The van der Waals surface area contributed by atoms with Gasteiger partial charge in [0.2, 0.25) is 0 Å². The topological polar surface area (TPSA) is 21.1 Å². The standard InChI is InChI=1S/C16H20BrN3/c1-3-20-15(16(17)12(2)18-20)11-19-10-6-8-13-7-4-5-9-14(13)19/h4-5,7,9H,3,6,8,10-11H2,1-2H3. The Balaban J connectivity index is 1.93. The van der Waals surface area contributed by atoms with E-state index in [1.807, 2.05) is 0 Å². The van der Waals surface area contributed by atoms with E-state index in [0.717, 1.165) is 29.8 Å². The quantitative estimate of drug-likeness (QED) is 0.848. The predicted molar refractivity (Wildman–Crippen MR) is 86.2 cm³/mol. The summed E-state index contributed by atoms with van der Waals surface area (Å²) in [5.41, 5.74) is 5.20. The lowest BCUT2D eigenvalue weighted by Crippen LogP contribution is -2.30. The zero-order chi connectivity index (χ0) is 14.1. The van der Waals surface area contributed by atoms with Crippen molar-refractivity contribution in [2.24, 2.45) is 0 Å². The zero-order valence-electron chi connectivity index (χ0n) is 12.1. The van der Waals surface area contributed by atoms with Gasteiger partial charge < -0.3 is 4.90 Å². The molecule has 0 aliphatic carbocycles. The molecule has 4 heteroatoms. The number of benzene rings is 1. The second kappa shape index (κ2) is 5.60. The summed E-state index contributed by atoms with van der Waals surface area (Å²) in [5.74, 6) is 0. The van der Waals surface area contributed by atoms with Crippen LogP contribution in [0.15, 0.2) is 28.7 Å². The Bertz CT molecular complexity index is 618. The van der Waals surface area contributed by atoms with Crippen molar-refractivity contribution in [3.63, 3.8) is 0 Å². The summed E-state index contributed by atoms with van der Waals surface area (Å²) < 4.78 is 3.26. The third kappa shape index (κ3) is 2.37. The van der Waals surface area contributed by atoms with Crippen molar-refractivity contribution in [2.45, 2.75) is 39.8 Å². The Kier molecular flexibility index (Phi) is 3.83. The first kappa shape index (κ1) is 13.7. The number of nitrogens with zero attached hydrogens (tertiary/aromatic N) is 3. The zero-order valence-corrected chi connectivity index (χ0v) is 13.7. The lowest BCUT2D eigenvalue weighted by atomic mass is 10.0. The summed E-state index contributed by atoms with van der Waals surface area (Å²) >= 11 is 3.70. The minimum atomic E-state index is 0.914. The maximum absolute atomic E-state index is 4.59. The number of hydrogen-bond acceptors (Lipinski definition) is 2. The molecule has 1 aromatic heterocycles. The van der Waals surface area contributed by atoms with Gasteiger partial charge in [-0.15, -0.1) is 0 Å². The van der Waals surface area contributed by atoms with E-state index in [9.17, 15) is 0 Å². The number of para-hydroxylation sites is 1. The molecular formula is C16H20BrN3. The lowest BCUT2D eigenvalue weighted by Gasteiger charge is -2.31. The summed E-state index contributed by atoms with van der Waals surface area (Å²) in [4.78, 5) is 2.48. The number of anilines is 1. The Morgan fingerprint density at radius 1 is 1.30 bits per heavy atom. The molecule has 2 aromatic rings. The fourth-order valence-corrected chi connectivity index (χ4v) is 3.39. The molecule has 1 aliphatic rings. The molecule has 0 atom stereocenters. The Morgan fingerprint density at radius 3 is 2.90 bits per heavy atom. The third-order valence-corrected chi connectivity index (χ3v) is 5.03. The van der Waals surface area contributed by atoms with Crippen molar-refractivity contribution in [1.29, 1.82) is 0 Å². The van der Waals surface area contributed by atoms with Gasteiger partial charge in [0.25, 0.3) is 0 Å². The number of aromatic nitrogens is 2. The van der Waals surface area contributed by atoms with E-state index < -0.39 is 0 Å². The highest BCUT2D eigenvalue weighted by molar-refractivity contribution is 9.10. The molecule has 0 radical (unpaired) electrons. The Hall–Kier alpha value is -1.29. The number of rotatable bonds is 3. The van der Waals surface area contributed by atoms with Crippen molar-refractivity contribution in [3.05, 3.63) is 45.7 Å². The monoisotopic (exact) mass is 333 g/mol. The van der Waals surface area contributed by atoms with Crippen LogP contribution in [0, 0.1) is 6.92 Å². The molecule has 0 spiro atoms. The fourth-order valence-electron chi connectivity index (χ4n) is 2.98. The molecular weight excluding hydrogens is 314 g/mol. The van der Waals surface area contributed by atoms with Gasteiger partial charge >= 0.3 is 0 Å². The third-order valence-electron chi connectivity index (χ3n) is 4.00. The molecule has 3 rings (SSSR count). The molecule has 0 saturated heterocycles. The van der Waals surface area contributed by atoms with Gasteiger partial charge in [0.15, 0.2) is 0 Å². The molecule has 3 nitrogen and oxygen atoms in total. The van der Waals surface area contributed by atoms with E-state index in [4.69, 9.17) is 0 Å². The van der Waals surface area contributed by atoms with Crippen molar-refractivity contribution in [1.82, 2.24) is 9.78 Å². The van der Waals surface area contributed by atoms with Gasteiger partial charge in [-0.05, 0) is 54.2 Å². The molecule has 0 saturated carbocycles. The van der Waals surface area contributed by atoms with Crippen LogP contribution < -0.4 is 4.90 Å². The summed E-state index contributed by atoms with van der Waals surface area (Å²) in [6, 6.07) is 8.76. The molecule has 106 valence electrons. The van der Waals surface area contributed by atoms with Crippen molar-refractivity contribution >= 4 is 21.6 Å². The average Bonchev–Trinajstić information content (AvgIpc) is 2.75. The predicted octanol–water partition coefficient (Wildman–Crippen LogP) is 3.93. The van der Waals surface area contributed by atoms with E-state index in [1.165, 1.54) is 29.8 Å². The van der Waals surface area contributed by atoms with Crippen LogP contribution in [0.3, 0.4) is 0 Å². The van der Waals surface area contributed by atoms with E-state index in [2.05, 4.69) is 68.7 Å². The summed E-state index contributed by atoms with van der Waals surface area (Å²) in [5, 5.41) is 4.59. The number of hydrogen-bond donors (Lipinski definition) is 0. The summed E-state index contributed by atoms with van der Waals surface area (Å²) in [6.07, 6.45) is 2.42. The Morgan fingerprint density at radius 2 is 2.10 bits per heavy atom. The van der Waals surface area contributed by atoms with Gasteiger partial charge in [0, 0.05) is 18.8 Å². The normalized spacial score (nSPS) is 14.4. The minimum Gasteiger partial charge on any atom is -0.365 e. The molecule has 20 heavy (non-hydrogen) atoms. The van der Waals surface area contributed by atoms with E-state index in [1.54, 1.807) is 0 Å². The van der Waals surface area contributed by atoms with Crippen LogP contribution in [-0.4, -0.2) is 16.3 Å². The SMILES string of the molecule is CCn1nc(C)c(Br)c1CN1CCCc2ccccc21. The molecule has 0 amide bonds. The van der Waals surface area contributed by atoms with Crippen molar-refractivity contribution in [3.8, 4) is 0 Å². The minimum absolute atomic E-state index is 0.914. The highest BCUT2D eigenvalue weighted by Gasteiger charge is 2.20. The van der Waals surface area contributed by atoms with Crippen molar-refractivity contribution < 1.29 is 0 Å². The molecule has 1 aromatic carbocycles. The van der Waals surface area contributed by atoms with Gasteiger partial charge in [-0.2, -0.15) is 5.10 Å². The lowest BCUT2D eigenvalue weighted by molar-refractivity contribution is 0.594. The first-order valence-corrected chi connectivity index (χ1v) is 8.04. The number of aryl methyl sites for hydroxylation is 3. The molecule has 0 N–H and O–H groups in total. The maximum atomic E-state index is 4.59. The van der Waals surface area contributed by atoms with E-state index >= 15 is 0 Å². The van der Waals surface area contributed by atoms with Gasteiger partial charge in [-0.1, -0.05) is 18.2 Å². The highest BCUT2D eigenvalue weighted by atomic mass is 79.9. The number of fused-ring (bicyclic) bond motifs is 1. The van der Waals surface area contributed by atoms with Gasteiger partial charge in [0.1, 0.15) is 0 Å². The molecule has 0 fully saturated rings. The van der Waals surface area contributed by atoms with Crippen LogP contribution in [0.1, 0.15) is 30.3 Å². The smallest absolute Gasteiger partial charge is 0.0739 e. The van der Waals surface area contributed by atoms with E-state index in [-0.39, 0.29) is 0 Å². The van der Waals surface area contributed by atoms with Gasteiger partial charge in [0.05, 0.1) is 22.4 Å². The van der Waals surface area contributed by atoms with Crippen molar-refractivity contribution in [2.75, 3.05) is 11.4 Å². The molecule has 1 aliphatic heterocycles. The average molecular weight is 334 g/mol. The summed E-state index contributed by atoms with van der Waals surface area (Å²) in [6.45, 7) is 7.16. The first-order chi connectivity index (χ1) is 9.70. The first-order valence-electron chi connectivity index (χ1n) is 7.25. The van der Waals surface area contributed by atoms with E-state index in [0.29, 0.717) is 0 Å². The van der Waals surface area contributed by atoms with Crippen LogP contribution in [0.5, 0.6) is 0 Å². The fraction of sp³-hybridized carbons (Fsp3) is 0.438. The maximum Gasteiger partial charge on any atom is 0.0739 e. The van der Waals surface area contributed by atoms with Crippen LogP contribution in [0.25, 0.3) is 0 Å². The number of halogens is 1. The second-order valence-electron chi connectivity index (χ2n) is 5.32. The van der Waals surface area contributed by atoms with Crippen LogP contribution >= 0.6 is 15.9 Å². The van der Waals surface area contributed by atoms with Gasteiger partial charge in [-0.3, -0.25) is 4.68 Å². The largest absolute Gasteiger partial charge is 0.365 e. The summed E-state index contributed by atoms with van der Waals surface area (Å²) in [7, 11) is 0. The Labute approximate surface area is 128 Å². The van der Waals surface area contributed by atoms with Crippen LogP contribution in [-0.2, 0) is 19.5 Å². The molecule has 0 bridgehead atoms.